The van der Waals surface area contributed by atoms with E-state index in [4.69, 9.17) is 0 Å². The Morgan fingerprint density at radius 3 is 0.909 bits per heavy atom. The normalized spacial score (nSPS) is 14.4. The molecule has 0 aliphatic heterocycles. The number of hydrogen-bond donors (Lipinski definition) is 0. The van der Waals surface area contributed by atoms with Crippen molar-refractivity contribution in [3.8, 4) is 0 Å². The molecule has 0 atom stereocenters. The van der Waals surface area contributed by atoms with E-state index in [1.165, 1.54) is 10.1 Å². The van der Waals surface area contributed by atoms with Crippen molar-refractivity contribution < 1.29 is 79.0 Å². The summed E-state index contributed by atoms with van der Waals surface area (Å²) in [6, 6.07) is 0. The van der Waals surface area contributed by atoms with Gasteiger partial charge in [-0.2, -0.15) is 19.7 Å². The fourth-order valence-corrected chi connectivity index (χ4v) is 1.83. The second-order valence-corrected chi connectivity index (χ2v) is 5.07. The van der Waals surface area contributed by atoms with Crippen molar-refractivity contribution >= 4 is 17.6 Å². The molecule has 0 aliphatic rings. The number of rotatable bonds is 3. The topological polar surface area (TPSA) is 48.4 Å². The van der Waals surface area contributed by atoms with Gasteiger partial charge in [0.1, 0.15) is 0 Å². The molecule has 0 aromatic carbocycles. The SMILES string of the molecule is FC(F)(F)N(c1nnc(N(C(F)(F)F)C(F)(F)F)c(N(C(F)(F)F)C(F)(F)F)n1)C(F)(F)F. The Kier molecular flexibility index (Phi) is 6.73. The maximum absolute atomic E-state index is 12.8. The summed E-state index contributed by atoms with van der Waals surface area (Å²) in [5.74, 6) is -10.7. The van der Waals surface area contributed by atoms with Crippen LogP contribution in [0.25, 0.3) is 0 Å². The van der Waals surface area contributed by atoms with Crippen LogP contribution in [0.4, 0.5) is 96.6 Å². The lowest BCUT2D eigenvalue weighted by atomic mass is 10.4. The van der Waals surface area contributed by atoms with Crippen LogP contribution in [0.1, 0.15) is 0 Å². The molecule has 0 saturated heterocycles. The average Bonchev–Trinajstić information content (AvgIpc) is 2.40. The largest absolute Gasteiger partial charge is 0.494 e. The Hall–Kier alpha value is -2.85. The van der Waals surface area contributed by atoms with Gasteiger partial charge in [0.25, 0.3) is 5.95 Å². The minimum Gasteiger partial charge on any atom is -0.189 e. The molecule has 0 bridgehead atoms. The minimum atomic E-state index is -7.09. The second kappa shape index (κ2) is 7.88. The Bertz CT molecular complexity index is 785. The molecule has 0 radical (unpaired) electrons. The zero-order chi connectivity index (χ0) is 26.6. The van der Waals surface area contributed by atoms with Gasteiger partial charge in [0.2, 0.25) is 5.82 Å². The van der Waals surface area contributed by atoms with Gasteiger partial charge in [-0.15, -0.1) is 89.2 Å². The van der Waals surface area contributed by atoms with Gasteiger partial charge < -0.3 is 0 Å². The smallest absolute Gasteiger partial charge is 0.189 e. The zero-order valence-electron chi connectivity index (χ0n) is 14.0. The highest BCUT2D eigenvalue weighted by molar-refractivity contribution is 5.65. The van der Waals surface area contributed by atoms with Crippen LogP contribution in [0.5, 0.6) is 0 Å². The molecule has 0 saturated carbocycles. The van der Waals surface area contributed by atoms with Gasteiger partial charge in [0.05, 0.1) is 0 Å². The fourth-order valence-electron chi connectivity index (χ4n) is 1.83. The van der Waals surface area contributed by atoms with Crippen LogP contribution in [0, 0.1) is 0 Å². The van der Waals surface area contributed by atoms with E-state index in [2.05, 4.69) is 0 Å². The summed E-state index contributed by atoms with van der Waals surface area (Å²) >= 11 is 0. The first-order chi connectivity index (χ1) is 14.2. The molecule has 0 fully saturated rings. The molecule has 192 valence electrons. The van der Waals surface area contributed by atoms with Crippen molar-refractivity contribution in [3.63, 3.8) is 0 Å². The number of nitrogens with zero attached hydrogens (tertiary/aromatic N) is 6. The zero-order valence-corrected chi connectivity index (χ0v) is 14.0. The van der Waals surface area contributed by atoms with Crippen LogP contribution in [-0.2, 0) is 0 Å². The number of alkyl halides is 18. The monoisotopic (exact) mass is 534 g/mol. The maximum Gasteiger partial charge on any atom is 0.494 e. The van der Waals surface area contributed by atoms with E-state index in [-0.39, 0.29) is 0 Å². The van der Waals surface area contributed by atoms with E-state index in [1.807, 2.05) is 0 Å². The number of aromatic nitrogens is 3. The van der Waals surface area contributed by atoms with E-state index in [0.717, 1.165) is 0 Å². The summed E-state index contributed by atoms with van der Waals surface area (Å²) in [7, 11) is 0. The van der Waals surface area contributed by atoms with Crippen molar-refractivity contribution in [1.82, 2.24) is 15.2 Å². The van der Waals surface area contributed by atoms with E-state index >= 15 is 0 Å². The van der Waals surface area contributed by atoms with E-state index in [9.17, 15) is 79.0 Å². The van der Waals surface area contributed by atoms with Crippen LogP contribution < -0.4 is 14.7 Å². The first-order valence-electron chi connectivity index (χ1n) is 6.76. The molecular weight excluding hydrogens is 534 g/mol. The summed E-state index contributed by atoms with van der Waals surface area (Å²) in [5.41, 5.74) is 0. The lowest BCUT2D eigenvalue weighted by Gasteiger charge is -2.34. The van der Waals surface area contributed by atoms with Gasteiger partial charge in [-0.25, -0.2) is 0 Å². The summed E-state index contributed by atoms with van der Waals surface area (Å²) in [4.78, 5) is -8.10. The lowest BCUT2D eigenvalue weighted by molar-refractivity contribution is -0.234. The molecule has 0 amide bonds. The van der Waals surface area contributed by atoms with Crippen LogP contribution >= 0.6 is 0 Å². The summed E-state index contributed by atoms with van der Waals surface area (Å²) in [5, 5.41) is 3.09. The highest BCUT2D eigenvalue weighted by Crippen LogP contribution is 2.47. The van der Waals surface area contributed by atoms with E-state index in [1.54, 1.807) is 5.10 Å². The van der Waals surface area contributed by atoms with Crippen molar-refractivity contribution in [3.05, 3.63) is 0 Å². The molecule has 1 aromatic rings. The molecule has 1 rings (SSSR count). The van der Waals surface area contributed by atoms with Crippen LogP contribution in [0.3, 0.4) is 0 Å². The molecule has 0 spiro atoms. The van der Waals surface area contributed by atoms with Gasteiger partial charge in [0.15, 0.2) is 5.82 Å². The summed E-state index contributed by atoms with van der Waals surface area (Å²) < 4.78 is 229. The number of hydrogen-bond acceptors (Lipinski definition) is 6. The van der Waals surface area contributed by atoms with E-state index < -0.39 is 70.1 Å². The number of halogens is 18. The van der Waals surface area contributed by atoms with Gasteiger partial charge in [-0.05, 0) is 0 Å². The third kappa shape index (κ3) is 6.35. The summed E-state index contributed by atoms with van der Waals surface area (Å²) in [6.07, 6.45) is -41.7. The minimum absolute atomic E-state index is 1.44. The predicted octanol–water partition coefficient (Wildman–Crippen LogP) is 5.41. The van der Waals surface area contributed by atoms with Gasteiger partial charge in [0, 0.05) is 0 Å². The Balaban J connectivity index is 4.16. The first kappa shape index (κ1) is 28.2. The maximum atomic E-state index is 12.8. The Morgan fingerprint density at radius 1 is 0.364 bits per heavy atom. The standard InChI is InChI=1S/C9F18N6/c10-4(11,12)31(5(13,14)15)1-2(32(6(16,17)18)7(19,20)21)29-30-3(28-1)33(8(22,23)24)9(25,26)27. The molecule has 0 unspecified atom stereocenters. The molecule has 0 aliphatic carbocycles. The fraction of sp³-hybridized carbons (Fsp3) is 0.667. The molecule has 1 heterocycles. The van der Waals surface area contributed by atoms with Crippen molar-refractivity contribution in [2.45, 2.75) is 37.8 Å². The van der Waals surface area contributed by atoms with Gasteiger partial charge in [-0.3, -0.25) is 0 Å². The summed E-state index contributed by atoms with van der Waals surface area (Å²) in [6.45, 7) is 0. The first-order valence-corrected chi connectivity index (χ1v) is 6.76. The number of anilines is 3. The third-order valence-electron chi connectivity index (χ3n) is 2.78. The third-order valence-corrected chi connectivity index (χ3v) is 2.78. The molecule has 1 aromatic heterocycles. The second-order valence-electron chi connectivity index (χ2n) is 5.07. The van der Waals surface area contributed by atoms with Gasteiger partial charge >= 0.3 is 37.8 Å². The van der Waals surface area contributed by atoms with Crippen molar-refractivity contribution in [1.29, 1.82) is 0 Å². The average molecular weight is 534 g/mol. The predicted molar refractivity (Wildman–Crippen MR) is 63.6 cm³/mol. The lowest BCUT2D eigenvalue weighted by Crippen LogP contribution is -2.54. The van der Waals surface area contributed by atoms with E-state index in [0.29, 0.717) is 0 Å². The molecular formula is C9F18N6. The molecule has 33 heavy (non-hydrogen) atoms. The van der Waals surface area contributed by atoms with Crippen molar-refractivity contribution in [2.75, 3.05) is 14.7 Å². The Labute approximate surface area is 166 Å². The van der Waals surface area contributed by atoms with Crippen molar-refractivity contribution in [2.24, 2.45) is 0 Å². The van der Waals surface area contributed by atoms with Crippen LogP contribution in [0.2, 0.25) is 0 Å². The van der Waals surface area contributed by atoms with Crippen LogP contribution in [-0.4, -0.2) is 53.0 Å². The molecule has 6 nitrogen and oxygen atoms in total. The molecule has 0 N–H and O–H groups in total. The highest BCUT2D eigenvalue weighted by atomic mass is 19.4. The Morgan fingerprint density at radius 2 is 0.636 bits per heavy atom. The quantitative estimate of drug-likeness (QED) is 0.382. The van der Waals surface area contributed by atoms with Gasteiger partial charge in [-0.1, -0.05) is 0 Å². The highest BCUT2D eigenvalue weighted by Gasteiger charge is 2.62. The van der Waals surface area contributed by atoms with Crippen LogP contribution in [0.15, 0.2) is 0 Å². The molecule has 24 heteroatoms.